The van der Waals surface area contributed by atoms with E-state index in [2.05, 4.69) is 0 Å². The van der Waals surface area contributed by atoms with Crippen LogP contribution in [0.2, 0.25) is 5.02 Å². The standard InChI is InChI=1S/C11H12Cl2FNO/c1-7(6-12)15(2)11(16)9-4-3-8(14)5-10(9)13/h3-5,7H,6H2,1-2H3. The van der Waals surface area contributed by atoms with Crippen LogP contribution in [0.25, 0.3) is 0 Å². The molecular weight excluding hydrogens is 252 g/mol. The highest BCUT2D eigenvalue weighted by Crippen LogP contribution is 2.19. The predicted octanol–water partition coefficient (Wildman–Crippen LogP) is 3.18. The maximum Gasteiger partial charge on any atom is 0.255 e. The molecule has 0 bridgehead atoms. The highest BCUT2D eigenvalue weighted by molar-refractivity contribution is 6.33. The molecule has 1 aromatic carbocycles. The fourth-order valence-corrected chi connectivity index (χ4v) is 1.61. The van der Waals surface area contributed by atoms with E-state index in [0.29, 0.717) is 5.88 Å². The summed E-state index contributed by atoms with van der Waals surface area (Å²) >= 11 is 11.5. The normalized spacial score (nSPS) is 12.3. The molecule has 0 aromatic heterocycles. The molecule has 0 saturated carbocycles. The van der Waals surface area contributed by atoms with Gasteiger partial charge in [-0.15, -0.1) is 11.6 Å². The summed E-state index contributed by atoms with van der Waals surface area (Å²) in [7, 11) is 1.63. The van der Waals surface area contributed by atoms with Gasteiger partial charge in [-0.25, -0.2) is 4.39 Å². The number of benzene rings is 1. The fraction of sp³-hybridized carbons (Fsp3) is 0.364. The van der Waals surface area contributed by atoms with Crippen LogP contribution in [0.15, 0.2) is 18.2 Å². The van der Waals surface area contributed by atoms with Crippen molar-refractivity contribution in [3.8, 4) is 0 Å². The maximum absolute atomic E-state index is 12.8. The first kappa shape index (κ1) is 13.3. The zero-order chi connectivity index (χ0) is 12.3. The van der Waals surface area contributed by atoms with Gasteiger partial charge in [0.05, 0.1) is 10.6 Å². The van der Waals surface area contributed by atoms with Crippen molar-refractivity contribution in [2.45, 2.75) is 13.0 Å². The second-order valence-corrected chi connectivity index (χ2v) is 4.26. The summed E-state index contributed by atoms with van der Waals surface area (Å²) in [5, 5.41) is 0.110. The number of alkyl halides is 1. The number of carbonyl (C=O) groups excluding carboxylic acids is 1. The summed E-state index contributed by atoms with van der Waals surface area (Å²) < 4.78 is 12.8. The second kappa shape index (κ2) is 5.51. The van der Waals surface area contributed by atoms with Crippen LogP contribution in [0, 0.1) is 5.82 Å². The number of rotatable bonds is 3. The molecule has 0 N–H and O–H groups in total. The van der Waals surface area contributed by atoms with E-state index in [4.69, 9.17) is 23.2 Å². The molecule has 88 valence electrons. The Balaban J connectivity index is 2.96. The minimum atomic E-state index is -0.463. The van der Waals surface area contributed by atoms with Crippen molar-refractivity contribution in [3.63, 3.8) is 0 Å². The quantitative estimate of drug-likeness (QED) is 0.768. The first-order chi connectivity index (χ1) is 7.47. The summed E-state index contributed by atoms with van der Waals surface area (Å²) in [5.74, 6) is -0.395. The molecule has 0 aliphatic carbocycles. The average Bonchev–Trinajstić information content (AvgIpc) is 2.26. The van der Waals surface area contributed by atoms with Crippen molar-refractivity contribution < 1.29 is 9.18 Å². The number of hydrogen-bond acceptors (Lipinski definition) is 1. The zero-order valence-corrected chi connectivity index (χ0v) is 10.5. The van der Waals surface area contributed by atoms with Gasteiger partial charge in [-0.3, -0.25) is 4.79 Å². The van der Waals surface area contributed by atoms with Crippen molar-refractivity contribution in [1.82, 2.24) is 4.90 Å². The molecule has 0 spiro atoms. The van der Waals surface area contributed by atoms with Gasteiger partial charge in [0, 0.05) is 19.0 Å². The van der Waals surface area contributed by atoms with E-state index in [1.54, 1.807) is 7.05 Å². The molecule has 0 radical (unpaired) electrons. The molecule has 0 aliphatic rings. The first-order valence-electron chi connectivity index (χ1n) is 4.75. The van der Waals surface area contributed by atoms with Gasteiger partial charge in [0.2, 0.25) is 0 Å². The summed E-state index contributed by atoms with van der Waals surface area (Å²) in [6, 6.07) is 3.60. The number of carbonyl (C=O) groups is 1. The lowest BCUT2D eigenvalue weighted by molar-refractivity contribution is 0.0757. The Morgan fingerprint density at radius 3 is 2.69 bits per heavy atom. The molecule has 0 heterocycles. The minimum Gasteiger partial charge on any atom is -0.338 e. The predicted molar refractivity (Wildman–Crippen MR) is 63.7 cm³/mol. The van der Waals surface area contributed by atoms with Gasteiger partial charge in [-0.1, -0.05) is 11.6 Å². The second-order valence-electron chi connectivity index (χ2n) is 3.54. The Bertz CT molecular complexity index is 398. The molecule has 0 fully saturated rings. The summed E-state index contributed by atoms with van der Waals surface area (Å²) in [4.78, 5) is 13.4. The average molecular weight is 264 g/mol. The maximum atomic E-state index is 12.8. The highest BCUT2D eigenvalue weighted by atomic mass is 35.5. The molecule has 16 heavy (non-hydrogen) atoms. The Hall–Kier alpha value is -0.800. The molecule has 1 amide bonds. The number of hydrogen-bond donors (Lipinski definition) is 0. The van der Waals surface area contributed by atoms with Gasteiger partial charge in [0.15, 0.2) is 0 Å². The smallest absolute Gasteiger partial charge is 0.255 e. The third kappa shape index (κ3) is 2.86. The minimum absolute atomic E-state index is 0.102. The molecule has 1 aromatic rings. The van der Waals surface area contributed by atoms with Crippen molar-refractivity contribution in [1.29, 1.82) is 0 Å². The van der Waals surface area contributed by atoms with Crippen molar-refractivity contribution in [3.05, 3.63) is 34.6 Å². The van der Waals surface area contributed by atoms with Crippen molar-refractivity contribution in [2.24, 2.45) is 0 Å². The van der Waals surface area contributed by atoms with Gasteiger partial charge in [-0.05, 0) is 25.1 Å². The molecule has 1 unspecified atom stereocenters. The van der Waals surface area contributed by atoms with Crippen LogP contribution in [-0.2, 0) is 0 Å². The zero-order valence-electron chi connectivity index (χ0n) is 9.01. The van der Waals surface area contributed by atoms with Crippen molar-refractivity contribution >= 4 is 29.1 Å². The topological polar surface area (TPSA) is 20.3 Å². The molecule has 2 nitrogen and oxygen atoms in total. The summed E-state index contributed by atoms with van der Waals surface area (Å²) in [6.45, 7) is 1.82. The molecule has 1 atom stereocenters. The van der Waals surface area contributed by atoms with Crippen LogP contribution in [0.3, 0.4) is 0 Å². The largest absolute Gasteiger partial charge is 0.338 e. The van der Waals surface area contributed by atoms with E-state index in [1.165, 1.54) is 17.0 Å². The molecule has 0 saturated heterocycles. The van der Waals surface area contributed by atoms with Gasteiger partial charge in [0.1, 0.15) is 5.82 Å². The van der Waals surface area contributed by atoms with Crippen LogP contribution < -0.4 is 0 Å². The molecular formula is C11H12Cl2FNO. The van der Waals surface area contributed by atoms with E-state index in [1.807, 2.05) is 6.92 Å². The molecule has 1 rings (SSSR count). The van der Waals surface area contributed by atoms with E-state index in [-0.39, 0.29) is 22.5 Å². The van der Waals surface area contributed by atoms with Gasteiger partial charge in [-0.2, -0.15) is 0 Å². The fourth-order valence-electron chi connectivity index (χ4n) is 1.16. The SMILES string of the molecule is CC(CCl)N(C)C(=O)c1ccc(F)cc1Cl. The van der Waals surface area contributed by atoms with Crippen LogP contribution in [0.5, 0.6) is 0 Å². The third-order valence-electron chi connectivity index (χ3n) is 2.37. The Kier molecular flexibility index (Phi) is 4.56. The third-order valence-corrected chi connectivity index (χ3v) is 3.13. The van der Waals surface area contributed by atoms with Crippen molar-refractivity contribution in [2.75, 3.05) is 12.9 Å². The first-order valence-corrected chi connectivity index (χ1v) is 5.66. The van der Waals surface area contributed by atoms with Gasteiger partial charge < -0.3 is 4.90 Å². The summed E-state index contributed by atoms with van der Waals surface area (Å²) in [5.41, 5.74) is 0.280. The van der Waals surface area contributed by atoms with Gasteiger partial charge in [0.25, 0.3) is 5.91 Å². The molecule has 5 heteroatoms. The van der Waals surface area contributed by atoms with E-state index < -0.39 is 5.82 Å². The Morgan fingerprint density at radius 1 is 1.56 bits per heavy atom. The van der Waals surface area contributed by atoms with Crippen LogP contribution >= 0.6 is 23.2 Å². The molecule has 0 aliphatic heterocycles. The number of halogens is 3. The van der Waals surface area contributed by atoms with Crippen LogP contribution in [0.1, 0.15) is 17.3 Å². The van der Waals surface area contributed by atoms with E-state index in [0.717, 1.165) is 6.07 Å². The van der Waals surface area contributed by atoms with Crippen LogP contribution in [0.4, 0.5) is 4.39 Å². The highest BCUT2D eigenvalue weighted by Gasteiger charge is 2.19. The Labute approximate surface area is 104 Å². The van der Waals surface area contributed by atoms with E-state index >= 15 is 0 Å². The lowest BCUT2D eigenvalue weighted by Crippen LogP contribution is -2.36. The number of nitrogens with zero attached hydrogens (tertiary/aromatic N) is 1. The monoisotopic (exact) mass is 263 g/mol. The number of amides is 1. The van der Waals surface area contributed by atoms with Gasteiger partial charge >= 0.3 is 0 Å². The summed E-state index contributed by atoms with van der Waals surface area (Å²) in [6.07, 6.45) is 0. The lowest BCUT2D eigenvalue weighted by atomic mass is 10.2. The lowest BCUT2D eigenvalue weighted by Gasteiger charge is -2.23. The Morgan fingerprint density at radius 2 is 2.19 bits per heavy atom. The van der Waals surface area contributed by atoms with E-state index in [9.17, 15) is 9.18 Å². The van der Waals surface area contributed by atoms with Crippen LogP contribution in [-0.4, -0.2) is 29.8 Å².